The van der Waals surface area contributed by atoms with E-state index in [0.29, 0.717) is 28.1 Å². The largest absolute Gasteiger partial charge is 0.437 e. The Morgan fingerprint density at radius 2 is 1.92 bits per heavy atom. The molecule has 1 fully saturated rings. The average molecular weight is 320 g/mol. The van der Waals surface area contributed by atoms with E-state index in [0.717, 1.165) is 31.2 Å². The van der Waals surface area contributed by atoms with Crippen molar-refractivity contribution >= 4 is 11.1 Å². The molecule has 2 aromatic carbocycles. The molecule has 1 aliphatic carbocycles. The van der Waals surface area contributed by atoms with Crippen LogP contribution in [-0.2, 0) is 0 Å². The van der Waals surface area contributed by atoms with Crippen molar-refractivity contribution in [3.05, 3.63) is 53.2 Å². The van der Waals surface area contributed by atoms with E-state index in [9.17, 15) is 5.26 Å². The second kappa shape index (κ2) is 5.76. The van der Waals surface area contributed by atoms with Gasteiger partial charge in [0.25, 0.3) is 0 Å². The maximum absolute atomic E-state index is 15.2. The highest BCUT2D eigenvalue weighted by Crippen LogP contribution is 2.39. The summed E-state index contributed by atoms with van der Waals surface area (Å²) in [6.07, 6.45) is 4.32. The number of hydrogen-bond acceptors (Lipinski definition) is 3. The third-order valence-electron chi connectivity index (χ3n) is 4.93. The molecule has 1 saturated carbocycles. The fourth-order valence-corrected chi connectivity index (χ4v) is 3.67. The minimum Gasteiger partial charge on any atom is -0.437 e. The first-order valence-corrected chi connectivity index (χ1v) is 8.28. The predicted molar refractivity (Wildman–Crippen MR) is 90.1 cm³/mol. The minimum atomic E-state index is -0.426. The van der Waals surface area contributed by atoms with E-state index in [2.05, 4.69) is 11.1 Å². The fourth-order valence-electron chi connectivity index (χ4n) is 3.67. The minimum absolute atomic E-state index is 0.109. The molecule has 1 heterocycles. The second-order valence-corrected chi connectivity index (χ2v) is 6.38. The number of fused-ring (bicyclic) bond motifs is 1. The summed E-state index contributed by atoms with van der Waals surface area (Å²) < 4.78 is 21.0. The molecule has 24 heavy (non-hydrogen) atoms. The highest BCUT2D eigenvalue weighted by molar-refractivity contribution is 5.89. The van der Waals surface area contributed by atoms with Crippen LogP contribution in [0.15, 0.2) is 34.7 Å². The van der Waals surface area contributed by atoms with Crippen LogP contribution in [-0.4, -0.2) is 4.98 Å². The summed E-state index contributed by atoms with van der Waals surface area (Å²) in [5.41, 5.74) is 2.64. The van der Waals surface area contributed by atoms with Gasteiger partial charge in [0.15, 0.2) is 17.3 Å². The van der Waals surface area contributed by atoms with Gasteiger partial charge < -0.3 is 4.42 Å². The lowest BCUT2D eigenvalue weighted by Gasteiger charge is -2.09. The van der Waals surface area contributed by atoms with Gasteiger partial charge in [0, 0.05) is 11.5 Å². The first kappa shape index (κ1) is 14.9. The molecule has 4 rings (SSSR count). The van der Waals surface area contributed by atoms with Crippen molar-refractivity contribution in [2.75, 3.05) is 0 Å². The van der Waals surface area contributed by atoms with Gasteiger partial charge >= 0.3 is 0 Å². The molecule has 0 N–H and O–H groups in total. The molecule has 0 aliphatic heterocycles. The van der Waals surface area contributed by atoms with Crippen molar-refractivity contribution in [1.29, 1.82) is 5.26 Å². The molecular formula is C20H17FN2O. The van der Waals surface area contributed by atoms with Crippen molar-refractivity contribution < 1.29 is 8.81 Å². The maximum atomic E-state index is 15.2. The Hall–Kier alpha value is -2.67. The summed E-state index contributed by atoms with van der Waals surface area (Å²) in [6.45, 7) is 1.77. The van der Waals surface area contributed by atoms with Gasteiger partial charge in [0.2, 0.25) is 0 Å². The molecule has 0 radical (unpaired) electrons. The molecule has 0 atom stereocenters. The number of halogens is 1. The van der Waals surface area contributed by atoms with Crippen molar-refractivity contribution in [2.24, 2.45) is 0 Å². The molecule has 0 unspecified atom stereocenters. The topological polar surface area (TPSA) is 49.8 Å². The van der Waals surface area contributed by atoms with Gasteiger partial charge in [-0.1, -0.05) is 43.2 Å². The van der Waals surface area contributed by atoms with Crippen molar-refractivity contribution in [2.45, 2.75) is 38.5 Å². The summed E-state index contributed by atoms with van der Waals surface area (Å²) >= 11 is 0. The molecule has 3 nitrogen and oxygen atoms in total. The van der Waals surface area contributed by atoms with Crippen LogP contribution in [0.3, 0.4) is 0 Å². The Kier molecular flexibility index (Phi) is 3.57. The van der Waals surface area contributed by atoms with E-state index < -0.39 is 5.82 Å². The number of benzene rings is 2. The quantitative estimate of drug-likeness (QED) is 0.629. The third kappa shape index (κ3) is 2.20. The van der Waals surface area contributed by atoms with Crippen molar-refractivity contribution in [3.8, 4) is 17.2 Å². The SMILES string of the molecule is Cc1c(-c2ccccc2)c(F)c2oc(C3CCCC3)nc2c1C#N. The van der Waals surface area contributed by atoms with E-state index in [1.54, 1.807) is 6.92 Å². The Bertz CT molecular complexity index is 947. The van der Waals surface area contributed by atoms with E-state index in [1.165, 1.54) is 0 Å². The van der Waals surface area contributed by atoms with Gasteiger partial charge in [-0.25, -0.2) is 9.37 Å². The molecule has 0 bridgehead atoms. The Labute approximate surface area is 139 Å². The normalized spacial score (nSPS) is 15.0. The number of hydrogen-bond donors (Lipinski definition) is 0. The highest BCUT2D eigenvalue weighted by Gasteiger charge is 2.27. The lowest BCUT2D eigenvalue weighted by molar-refractivity contribution is 0.462. The van der Waals surface area contributed by atoms with E-state index in [1.807, 2.05) is 30.3 Å². The lowest BCUT2D eigenvalue weighted by atomic mass is 9.95. The van der Waals surface area contributed by atoms with Crippen LogP contribution in [0, 0.1) is 24.1 Å². The first-order chi connectivity index (χ1) is 11.7. The van der Waals surface area contributed by atoms with E-state index in [4.69, 9.17) is 4.42 Å². The second-order valence-electron chi connectivity index (χ2n) is 6.38. The van der Waals surface area contributed by atoms with Gasteiger partial charge in [0.1, 0.15) is 11.6 Å². The fraction of sp³-hybridized carbons (Fsp3) is 0.300. The lowest BCUT2D eigenvalue weighted by Crippen LogP contribution is -1.95. The average Bonchev–Trinajstić information content (AvgIpc) is 3.26. The smallest absolute Gasteiger partial charge is 0.198 e. The monoisotopic (exact) mass is 320 g/mol. The zero-order valence-electron chi connectivity index (χ0n) is 13.5. The molecule has 0 amide bonds. The summed E-state index contributed by atoms with van der Waals surface area (Å²) in [4.78, 5) is 4.49. The van der Waals surface area contributed by atoms with Crippen LogP contribution in [0.2, 0.25) is 0 Å². The van der Waals surface area contributed by atoms with Gasteiger partial charge in [-0.05, 0) is 30.9 Å². The Morgan fingerprint density at radius 3 is 2.58 bits per heavy atom. The molecule has 1 aliphatic rings. The number of nitriles is 1. The molecular weight excluding hydrogens is 303 g/mol. The Balaban J connectivity index is 2.00. The van der Waals surface area contributed by atoms with Crippen LogP contribution in [0.1, 0.15) is 48.6 Å². The number of aromatic nitrogens is 1. The molecule has 0 spiro atoms. The van der Waals surface area contributed by atoms with E-state index in [-0.39, 0.29) is 11.5 Å². The van der Waals surface area contributed by atoms with Crippen molar-refractivity contribution in [1.82, 2.24) is 4.98 Å². The zero-order valence-corrected chi connectivity index (χ0v) is 13.5. The van der Waals surface area contributed by atoms with Crippen LogP contribution >= 0.6 is 0 Å². The maximum Gasteiger partial charge on any atom is 0.198 e. The van der Waals surface area contributed by atoms with Gasteiger partial charge in [-0.15, -0.1) is 0 Å². The van der Waals surface area contributed by atoms with Crippen molar-refractivity contribution in [3.63, 3.8) is 0 Å². The number of nitrogens with zero attached hydrogens (tertiary/aromatic N) is 2. The van der Waals surface area contributed by atoms with Gasteiger partial charge in [0.05, 0.1) is 5.56 Å². The van der Waals surface area contributed by atoms with Crippen LogP contribution < -0.4 is 0 Å². The van der Waals surface area contributed by atoms with Gasteiger partial charge in [-0.3, -0.25) is 0 Å². The van der Waals surface area contributed by atoms with E-state index >= 15 is 4.39 Å². The molecule has 0 saturated heterocycles. The summed E-state index contributed by atoms with van der Waals surface area (Å²) in [6, 6.07) is 11.5. The summed E-state index contributed by atoms with van der Waals surface area (Å²) in [5.74, 6) is 0.385. The van der Waals surface area contributed by atoms with Crippen LogP contribution in [0.5, 0.6) is 0 Å². The number of rotatable bonds is 2. The summed E-state index contributed by atoms with van der Waals surface area (Å²) in [5, 5.41) is 9.60. The molecule has 3 aromatic rings. The van der Waals surface area contributed by atoms with Crippen LogP contribution in [0.25, 0.3) is 22.2 Å². The number of oxazole rings is 1. The van der Waals surface area contributed by atoms with Crippen LogP contribution in [0.4, 0.5) is 4.39 Å². The molecule has 120 valence electrons. The van der Waals surface area contributed by atoms with Gasteiger partial charge in [-0.2, -0.15) is 5.26 Å². The Morgan fingerprint density at radius 1 is 1.21 bits per heavy atom. The predicted octanol–water partition coefficient (Wildman–Crippen LogP) is 5.47. The zero-order chi connectivity index (χ0) is 16.7. The third-order valence-corrected chi connectivity index (χ3v) is 4.93. The molecule has 1 aromatic heterocycles. The standard InChI is InChI=1S/C20H17FN2O/c1-12-15(11-22)18-19(24-20(23-18)14-9-5-6-10-14)17(21)16(12)13-7-3-2-4-8-13/h2-4,7-8,14H,5-6,9-10H2,1H3. The first-order valence-electron chi connectivity index (χ1n) is 8.28. The summed E-state index contributed by atoms with van der Waals surface area (Å²) in [7, 11) is 0. The highest BCUT2D eigenvalue weighted by atomic mass is 19.1. The molecule has 4 heteroatoms.